The van der Waals surface area contributed by atoms with Gasteiger partial charge in [-0.3, -0.25) is 0 Å². The number of benzene rings is 2. The Bertz CT molecular complexity index is 468. The zero-order valence-electron chi connectivity index (χ0n) is 8.56. The highest BCUT2D eigenvalue weighted by atomic mass is 35.5. The Labute approximate surface area is 104 Å². The Morgan fingerprint density at radius 2 is 1.75 bits per heavy atom. The van der Waals surface area contributed by atoms with Gasteiger partial charge in [0.1, 0.15) is 0 Å². The molecule has 3 heteroatoms. The fourth-order valence-corrected chi connectivity index (χ4v) is 2.37. The van der Waals surface area contributed by atoms with Crippen LogP contribution in [0, 0.1) is 0 Å². The molecule has 2 rings (SSSR count). The lowest BCUT2D eigenvalue weighted by molar-refractivity contribution is 0.281. The summed E-state index contributed by atoms with van der Waals surface area (Å²) < 4.78 is 0. The molecule has 0 aliphatic rings. The quantitative estimate of drug-likeness (QED) is 0.889. The molecule has 0 unspecified atom stereocenters. The van der Waals surface area contributed by atoms with Crippen LogP contribution in [0.5, 0.6) is 0 Å². The first-order valence-electron chi connectivity index (χ1n) is 4.91. The van der Waals surface area contributed by atoms with Gasteiger partial charge in [-0.25, -0.2) is 0 Å². The third-order valence-corrected chi connectivity index (χ3v) is 3.38. The normalized spacial score (nSPS) is 10.4. The Morgan fingerprint density at radius 1 is 1.00 bits per heavy atom. The molecule has 0 heterocycles. The molecule has 0 aromatic heterocycles. The predicted octanol–water partition coefficient (Wildman–Crippen LogP) is 3.98. The third kappa shape index (κ3) is 3.01. The molecule has 16 heavy (non-hydrogen) atoms. The molecule has 2 aromatic carbocycles. The van der Waals surface area contributed by atoms with E-state index < -0.39 is 0 Å². The van der Waals surface area contributed by atoms with Gasteiger partial charge >= 0.3 is 0 Å². The van der Waals surface area contributed by atoms with Crippen LogP contribution in [0.3, 0.4) is 0 Å². The second-order valence-electron chi connectivity index (χ2n) is 3.36. The van der Waals surface area contributed by atoms with Crippen LogP contribution in [-0.4, -0.2) is 5.11 Å². The Kier molecular flexibility index (Phi) is 3.88. The van der Waals surface area contributed by atoms with Crippen LogP contribution in [0.25, 0.3) is 0 Å². The van der Waals surface area contributed by atoms with Gasteiger partial charge in [0.2, 0.25) is 0 Å². The largest absolute Gasteiger partial charge is 0.392 e. The number of aliphatic hydroxyl groups is 1. The standard InChI is InChI=1S/C13H11ClOS/c14-11-4-6-12(7-5-11)16-13-3-1-2-10(8-13)9-15/h1-8,15H,9H2. The van der Waals surface area contributed by atoms with E-state index in [0.29, 0.717) is 0 Å². The molecule has 0 saturated carbocycles. The van der Waals surface area contributed by atoms with E-state index in [1.54, 1.807) is 11.8 Å². The van der Waals surface area contributed by atoms with Crippen molar-refractivity contribution >= 4 is 23.4 Å². The van der Waals surface area contributed by atoms with Crippen molar-refractivity contribution in [1.82, 2.24) is 0 Å². The molecule has 0 bridgehead atoms. The van der Waals surface area contributed by atoms with Crippen LogP contribution in [0.4, 0.5) is 0 Å². The minimum absolute atomic E-state index is 0.0784. The summed E-state index contributed by atoms with van der Waals surface area (Å²) in [5, 5.41) is 9.78. The molecule has 1 nitrogen and oxygen atoms in total. The number of hydrogen-bond donors (Lipinski definition) is 1. The molecule has 0 aliphatic carbocycles. The van der Waals surface area contributed by atoms with E-state index in [1.807, 2.05) is 48.5 Å². The van der Waals surface area contributed by atoms with Crippen molar-refractivity contribution in [2.45, 2.75) is 16.4 Å². The summed E-state index contributed by atoms with van der Waals surface area (Å²) in [6.45, 7) is 0.0784. The smallest absolute Gasteiger partial charge is 0.0682 e. The molecule has 0 spiro atoms. The zero-order valence-corrected chi connectivity index (χ0v) is 10.1. The van der Waals surface area contributed by atoms with Gasteiger partial charge < -0.3 is 5.11 Å². The molecule has 82 valence electrons. The van der Waals surface area contributed by atoms with Gasteiger partial charge in [0.05, 0.1) is 6.61 Å². The molecule has 0 amide bonds. The van der Waals surface area contributed by atoms with Crippen molar-refractivity contribution in [3.8, 4) is 0 Å². The van der Waals surface area contributed by atoms with E-state index >= 15 is 0 Å². The van der Waals surface area contributed by atoms with E-state index in [2.05, 4.69) is 0 Å². The van der Waals surface area contributed by atoms with Crippen LogP contribution < -0.4 is 0 Å². The first kappa shape index (κ1) is 11.5. The highest BCUT2D eigenvalue weighted by Crippen LogP contribution is 2.28. The number of hydrogen-bond acceptors (Lipinski definition) is 2. The average Bonchev–Trinajstić information content (AvgIpc) is 2.32. The Morgan fingerprint density at radius 3 is 2.44 bits per heavy atom. The molecule has 0 radical (unpaired) electrons. The third-order valence-electron chi connectivity index (χ3n) is 2.13. The summed E-state index contributed by atoms with van der Waals surface area (Å²) in [6, 6.07) is 15.6. The molecule has 1 N–H and O–H groups in total. The van der Waals surface area contributed by atoms with Crippen LogP contribution in [0.1, 0.15) is 5.56 Å². The van der Waals surface area contributed by atoms with E-state index in [-0.39, 0.29) is 6.61 Å². The van der Waals surface area contributed by atoms with Gasteiger partial charge in [-0.1, -0.05) is 35.5 Å². The minimum atomic E-state index is 0.0784. The average molecular weight is 251 g/mol. The van der Waals surface area contributed by atoms with Gasteiger partial charge in [-0.15, -0.1) is 0 Å². The molecule has 0 saturated heterocycles. The van der Waals surface area contributed by atoms with Gasteiger partial charge in [-0.05, 0) is 42.0 Å². The first-order chi connectivity index (χ1) is 7.78. The van der Waals surface area contributed by atoms with E-state index in [0.717, 1.165) is 20.4 Å². The molecule has 2 aromatic rings. The zero-order chi connectivity index (χ0) is 11.4. The number of aliphatic hydroxyl groups excluding tert-OH is 1. The topological polar surface area (TPSA) is 20.2 Å². The lowest BCUT2D eigenvalue weighted by atomic mass is 10.2. The van der Waals surface area contributed by atoms with Crippen LogP contribution in [0.2, 0.25) is 5.02 Å². The van der Waals surface area contributed by atoms with Crippen molar-refractivity contribution < 1.29 is 5.11 Å². The van der Waals surface area contributed by atoms with Gasteiger partial charge in [0.15, 0.2) is 0 Å². The SMILES string of the molecule is OCc1cccc(Sc2ccc(Cl)cc2)c1. The van der Waals surface area contributed by atoms with Crippen molar-refractivity contribution in [2.24, 2.45) is 0 Å². The molecular formula is C13H11ClOS. The number of rotatable bonds is 3. The van der Waals surface area contributed by atoms with Crippen LogP contribution in [0.15, 0.2) is 58.3 Å². The van der Waals surface area contributed by atoms with Gasteiger partial charge in [0.25, 0.3) is 0 Å². The lowest BCUT2D eigenvalue weighted by Gasteiger charge is -2.03. The second-order valence-corrected chi connectivity index (χ2v) is 4.94. The molecule has 0 fully saturated rings. The van der Waals surface area contributed by atoms with Crippen molar-refractivity contribution in [3.05, 3.63) is 59.1 Å². The molecule has 0 atom stereocenters. The van der Waals surface area contributed by atoms with Gasteiger partial charge in [0, 0.05) is 14.8 Å². The maximum atomic E-state index is 9.04. The Balaban J connectivity index is 2.16. The monoisotopic (exact) mass is 250 g/mol. The molecule has 0 aliphatic heterocycles. The maximum Gasteiger partial charge on any atom is 0.0682 e. The summed E-state index contributed by atoms with van der Waals surface area (Å²) in [6.07, 6.45) is 0. The molecular weight excluding hydrogens is 240 g/mol. The fourth-order valence-electron chi connectivity index (χ4n) is 1.35. The van der Waals surface area contributed by atoms with Gasteiger partial charge in [-0.2, -0.15) is 0 Å². The minimum Gasteiger partial charge on any atom is -0.392 e. The van der Waals surface area contributed by atoms with E-state index in [9.17, 15) is 0 Å². The van der Waals surface area contributed by atoms with Crippen LogP contribution in [-0.2, 0) is 6.61 Å². The Hall–Kier alpha value is -0.960. The van der Waals surface area contributed by atoms with E-state index in [1.165, 1.54) is 0 Å². The van der Waals surface area contributed by atoms with E-state index in [4.69, 9.17) is 16.7 Å². The fraction of sp³-hybridized carbons (Fsp3) is 0.0769. The summed E-state index contributed by atoms with van der Waals surface area (Å²) in [4.78, 5) is 2.26. The highest BCUT2D eigenvalue weighted by Gasteiger charge is 1.98. The first-order valence-corrected chi connectivity index (χ1v) is 6.10. The summed E-state index contributed by atoms with van der Waals surface area (Å²) in [5.41, 5.74) is 0.930. The van der Waals surface area contributed by atoms with Crippen molar-refractivity contribution in [3.63, 3.8) is 0 Å². The highest BCUT2D eigenvalue weighted by molar-refractivity contribution is 7.99. The second kappa shape index (κ2) is 5.39. The summed E-state index contributed by atoms with van der Waals surface area (Å²) in [5.74, 6) is 0. The van der Waals surface area contributed by atoms with Crippen LogP contribution >= 0.6 is 23.4 Å². The van der Waals surface area contributed by atoms with Crippen molar-refractivity contribution in [1.29, 1.82) is 0 Å². The number of halogens is 1. The summed E-state index contributed by atoms with van der Waals surface area (Å²) >= 11 is 7.48. The summed E-state index contributed by atoms with van der Waals surface area (Å²) in [7, 11) is 0. The predicted molar refractivity (Wildman–Crippen MR) is 67.9 cm³/mol. The lowest BCUT2D eigenvalue weighted by Crippen LogP contribution is -1.82. The van der Waals surface area contributed by atoms with Crippen molar-refractivity contribution in [2.75, 3.05) is 0 Å². The maximum absolute atomic E-state index is 9.04.